The fourth-order valence-electron chi connectivity index (χ4n) is 10.2. The van der Waals surface area contributed by atoms with Crippen LogP contribution in [0.15, 0.2) is 72.9 Å². The molecule has 0 heterocycles. The number of hydrogen-bond donors (Lipinski definition) is 2. The summed E-state index contributed by atoms with van der Waals surface area (Å²) in [5.41, 5.74) is 5.40. The molecule has 0 bridgehead atoms. The summed E-state index contributed by atoms with van der Waals surface area (Å²) in [5, 5.41) is 0. The predicted octanol–water partition coefficient (Wildman–Crippen LogP) is 22.8. The standard InChI is InChI=1S/C72H132NO8P/c1-3-5-7-9-11-13-15-17-19-21-23-25-27-29-31-33-35-37-39-41-43-45-47-49-51-53-55-57-59-61-63-65-72(75)81-70(69-80-82(76,77)79-67-66-73)68-78-71(74)64-62-60-58-56-54-52-50-48-46-44-42-40-38-36-34-32-30-28-26-24-22-20-18-16-14-12-10-8-6-4-2/h5,7,11,13,17,19,23,25,29,31,35,37,70H,3-4,6,8-10,12,14-16,18,20-22,24,26-28,30,32-34,36,38-69,73H2,1-2H3,(H,76,77)/b7-5-,13-11-,19-17-,25-23-,31-29-,37-35-. The average Bonchev–Trinajstić information content (AvgIpc) is 3.48. The third-order valence-electron chi connectivity index (χ3n) is 15.4. The highest BCUT2D eigenvalue weighted by molar-refractivity contribution is 7.47. The molecule has 0 saturated carbocycles. The van der Waals surface area contributed by atoms with Crippen LogP contribution in [0.4, 0.5) is 0 Å². The summed E-state index contributed by atoms with van der Waals surface area (Å²) in [7, 11) is -4.39. The first kappa shape index (κ1) is 79.5. The Labute approximate surface area is 507 Å². The summed E-state index contributed by atoms with van der Waals surface area (Å²) in [6.45, 7) is 3.68. The summed E-state index contributed by atoms with van der Waals surface area (Å²) in [5.74, 6) is -0.816. The molecule has 9 nitrogen and oxygen atoms in total. The van der Waals surface area contributed by atoms with Crippen molar-refractivity contribution in [1.82, 2.24) is 0 Å². The highest BCUT2D eigenvalue weighted by Crippen LogP contribution is 2.43. The van der Waals surface area contributed by atoms with Crippen molar-refractivity contribution in [2.75, 3.05) is 26.4 Å². The molecule has 478 valence electrons. The molecule has 0 fully saturated rings. The zero-order valence-electron chi connectivity index (χ0n) is 53.7. The third kappa shape index (κ3) is 66.6. The van der Waals surface area contributed by atoms with Gasteiger partial charge in [0, 0.05) is 19.4 Å². The molecule has 3 N–H and O–H groups in total. The van der Waals surface area contributed by atoms with Gasteiger partial charge in [-0.15, -0.1) is 0 Å². The number of rotatable bonds is 66. The van der Waals surface area contributed by atoms with E-state index in [-0.39, 0.29) is 38.6 Å². The Morgan fingerprint density at radius 3 is 1.00 bits per heavy atom. The normalized spacial score (nSPS) is 13.4. The van der Waals surface area contributed by atoms with Crippen molar-refractivity contribution in [3.63, 3.8) is 0 Å². The lowest BCUT2D eigenvalue weighted by Crippen LogP contribution is -2.29. The van der Waals surface area contributed by atoms with Gasteiger partial charge >= 0.3 is 19.8 Å². The maximum atomic E-state index is 12.8. The van der Waals surface area contributed by atoms with Gasteiger partial charge in [-0.1, -0.05) is 337 Å². The van der Waals surface area contributed by atoms with Crippen molar-refractivity contribution in [2.45, 2.75) is 347 Å². The van der Waals surface area contributed by atoms with Crippen LogP contribution in [0.3, 0.4) is 0 Å². The van der Waals surface area contributed by atoms with Crippen LogP contribution in [0, 0.1) is 0 Å². The summed E-state index contributed by atoms with van der Waals surface area (Å²) in [4.78, 5) is 35.4. The molecular weight excluding hydrogens is 1040 g/mol. The van der Waals surface area contributed by atoms with Crippen LogP contribution in [0.2, 0.25) is 0 Å². The van der Waals surface area contributed by atoms with E-state index < -0.39 is 26.5 Å². The summed E-state index contributed by atoms with van der Waals surface area (Å²) in [6.07, 6.45) is 88.5. The molecule has 0 spiro atoms. The Balaban J connectivity index is 3.86. The molecule has 2 atom stereocenters. The number of allylic oxidation sites excluding steroid dienone is 12. The molecule has 0 aromatic rings. The zero-order valence-corrected chi connectivity index (χ0v) is 54.6. The number of carbonyl (C=O) groups is 2. The van der Waals surface area contributed by atoms with Crippen LogP contribution in [-0.2, 0) is 32.7 Å². The molecule has 0 radical (unpaired) electrons. The van der Waals surface area contributed by atoms with E-state index in [1.165, 1.54) is 231 Å². The lowest BCUT2D eigenvalue weighted by atomic mass is 10.0. The van der Waals surface area contributed by atoms with Gasteiger partial charge in [0.05, 0.1) is 13.2 Å². The smallest absolute Gasteiger partial charge is 0.462 e. The minimum absolute atomic E-state index is 0.0525. The van der Waals surface area contributed by atoms with Crippen molar-refractivity contribution in [3.8, 4) is 0 Å². The van der Waals surface area contributed by atoms with Crippen LogP contribution in [0.5, 0.6) is 0 Å². The van der Waals surface area contributed by atoms with Crippen LogP contribution in [-0.4, -0.2) is 49.3 Å². The second-order valence-corrected chi connectivity index (χ2v) is 24.8. The maximum Gasteiger partial charge on any atom is 0.472 e. The third-order valence-corrected chi connectivity index (χ3v) is 16.3. The Morgan fingerprint density at radius 2 is 0.671 bits per heavy atom. The summed E-state index contributed by atoms with van der Waals surface area (Å²) >= 11 is 0. The van der Waals surface area contributed by atoms with E-state index >= 15 is 0 Å². The molecule has 0 aliphatic heterocycles. The molecule has 0 aromatic carbocycles. The highest BCUT2D eigenvalue weighted by Gasteiger charge is 2.26. The van der Waals surface area contributed by atoms with E-state index in [4.69, 9.17) is 24.3 Å². The van der Waals surface area contributed by atoms with Gasteiger partial charge in [-0.3, -0.25) is 18.6 Å². The Hall–Kier alpha value is -2.55. The Bertz CT molecular complexity index is 1570. The zero-order chi connectivity index (χ0) is 59.4. The van der Waals surface area contributed by atoms with Crippen molar-refractivity contribution >= 4 is 19.8 Å². The minimum Gasteiger partial charge on any atom is -0.462 e. The number of nitrogens with two attached hydrogens (primary N) is 1. The highest BCUT2D eigenvalue weighted by atomic mass is 31.2. The number of ether oxygens (including phenoxy) is 2. The SMILES string of the molecule is CC/C=C\C/C=C\C/C=C\C/C=C\C/C=C\C/C=C\CCCCCCCCCCCCCCC(=O)OC(COC(=O)CCCCCCCCCCCCCCCCCCCCCCCCCCCCCCCC)COP(=O)(O)OCCN. The van der Waals surface area contributed by atoms with Gasteiger partial charge in [0.25, 0.3) is 0 Å². The summed E-state index contributed by atoms with van der Waals surface area (Å²) in [6, 6.07) is 0. The molecule has 0 saturated heterocycles. The average molecular weight is 1170 g/mol. The van der Waals surface area contributed by atoms with Gasteiger partial charge in [0.2, 0.25) is 0 Å². The first-order chi connectivity index (χ1) is 40.3. The molecule has 10 heteroatoms. The first-order valence-electron chi connectivity index (χ1n) is 34.9. The quantitative estimate of drug-likeness (QED) is 0.0264. The minimum atomic E-state index is -4.39. The van der Waals surface area contributed by atoms with Gasteiger partial charge < -0.3 is 20.1 Å². The van der Waals surface area contributed by atoms with Gasteiger partial charge in [0.1, 0.15) is 6.61 Å². The van der Waals surface area contributed by atoms with Gasteiger partial charge in [-0.05, 0) is 64.2 Å². The molecular formula is C72H132NO8P. The number of phosphoric ester groups is 1. The van der Waals surface area contributed by atoms with Gasteiger partial charge in [-0.2, -0.15) is 0 Å². The van der Waals surface area contributed by atoms with E-state index in [0.29, 0.717) is 6.42 Å². The predicted molar refractivity (Wildman–Crippen MR) is 353 cm³/mol. The van der Waals surface area contributed by atoms with E-state index in [9.17, 15) is 19.0 Å². The summed E-state index contributed by atoms with van der Waals surface area (Å²) < 4.78 is 33.2. The molecule has 0 amide bonds. The second kappa shape index (κ2) is 67.6. The molecule has 0 rings (SSSR count). The van der Waals surface area contributed by atoms with E-state index in [1.54, 1.807) is 0 Å². The number of esters is 2. The molecule has 0 aliphatic rings. The Morgan fingerprint density at radius 1 is 0.378 bits per heavy atom. The number of carbonyl (C=O) groups excluding carboxylic acids is 2. The molecule has 82 heavy (non-hydrogen) atoms. The Kier molecular flexibility index (Phi) is 65.5. The van der Waals surface area contributed by atoms with Crippen LogP contribution < -0.4 is 5.73 Å². The first-order valence-corrected chi connectivity index (χ1v) is 36.4. The van der Waals surface area contributed by atoms with Crippen LogP contribution in [0.25, 0.3) is 0 Å². The number of hydrogen-bond acceptors (Lipinski definition) is 8. The van der Waals surface area contributed by atoms with Crippen LogP contribution in [0.1, 0.15) is 341 Å². The fourth-order valence-corrected chi connectivity index (χ4v) is 11.0. The molecule has 0 aromatic heterocycles. The van der Waals surface area contributed by atoms with Crippen molar-refractivity contribution in [2.24, 2.45) is 5.73 Å². The molecule has 0 aliphatic carbocycles. The van der Waals surface area contributed by atoms with E-state index in [2.05, 4.69) is 86.8 Å². The van der Waals surface area contributed by atoms with Gasteiger partial charge in [0.15, 0.2) is 6.10 Å². The monoisotopic (exact) mass is 1170 g/mol. The second-order valence-electron chi connectivity index (χ2n) is 23.4. The number of phosphoric acid groups is 1. The van der Waals surface area contributed by atoms with Crippen LogP contribution >= 0.6 is 7.82 Å². The van der Waals surface area contributed by atoms with Crippen molar-refractivity contribution in [3.05, 3.63) is 72.9 Å². The number of unbranched alkanes of at least 4 members (excludes halogenated alkanes) is 41. The maximum absolute atomic E-state index is 12.8. The topological polar surface area (TPSA) is 134 Å². The largest absolute Gasteiger partial charge is 0.472 e. The van der Waals surface area contributed by atoms with Gasteiger partial charge in [-0.25, -0.2) is 4.57 Å². The van der Waals surface area contributed by atoms with Crippen molar-refractivity contribution < 1.29 is 37.6 Å². The van der Waals surface area contributed by atoms with E-state index in [1.807, 2.05) is 0 Å². The lowest BCUT2D eigenvalue weighted by molar-refractivity contribution is -0.161. The molecule has 2 unspecified atom stereocenters. The lowest BCUT2D eigenvalue weighted by Gasteiger charge is -2.19. The van der Waals surface area contributed by atoms with E-state index in [0.717, 1.165) is 77.0 Å². The fraction of sp³-hybridized carbons (Fsp3) is 0.806. The van der Waals surface area contributed by atoms with Crippen molar-refractivity contribution in [1.29, 1.82) is 0 Å².